The molecule has 3 N–H and O–H groups in total. The molecule has 0 saturated carbocycles. The highest BCUT2D eigenvalue weighted by Crippen LogP contribution is 2.30. The molecular weight excluding hydrogens is 528 g/mol. The summed E-state index contributed by atoms with van der Waals surface area (Å²) in [6, 6.07) is 4.48. The topological polar surface area (TPSA) is 96.6 Å². The molecule has 0 radical (unpaired) electrons. The lowest BCUT2D eigenvalue weighted by molar-refractivity contribution is -0.137. The van der Waals surface area contributed by atoms with E-state index >= 15 is 0 Å². The summed E-state index contributed by atoms with van der Waals surface area (Å²) < 4.78 is 45.0. The van der Waals surface area contributed by atoms with Crippen molar-refractivity contribution in [2.24, 2.45) is 4.99 Å². The van der Waals surface area contributed by atoms with Crippen LogP contribution in [0.25, 0.3) is 0 Å². The molecule has 12 heteroatoms. The molecule has 2 aromatic rings. The molecule has 1 aromatic carbocycles. The van der Waals surface area contributed by atoms with Crippen LogP contribution in [0.15, 0.2) is 35.6 Å². The van der Waals surface area contributed by atoms with Crippen LogP contribution in [-0.4, -0.2) is 57.7 Å². The van der Waals surface area contributed by atoms with Crippen molar-refractivity contribution in [1.29, 1.82) is 0 Å². The number of nitrogens with one attached hydrogen (secondary N) is 2. The number of guanidine groups is 1. The Morgan fingerprint density at radius 2 is 2.10 bits per heavy atom. The van der Waals surface area contributed by atoms with Gasteiger partial charge < -0.3 is 20.5 Å². The van der Waals surface area contributed by atoms with E-state index in [1.54, 1.807) is 6.33 Å². The van der Waals surface area contributed by atoms with Gasteiger partial charge in [0.15, 0.2) is 5.96 Å². The molecule has 0 fully saturated rings. The van der Waals surface area contributed by atoms with Crippen molar-refractivity contribution in [3.8, 4) is 5.75 Å². The number of alkyl halides is 3. The number of fused-ring (bicyclic) bond motifs is 1. The van der Waals surface area contributed by atoms with Gasteiger partial charge in [-0.05, 0) is 37.6 Å². The summed E-state index contributed by atoms with van der Waals surface area (Å²) in [4.78, 5) is 8.58. The van der Waals surface area contributed by atoms with E-state index in [9.17, 15) is 18.3 Å². The third-order valence-corrected chi connectivity index (χ3v) is 4.57. The van der Waals surface area contributed by atoms with Gasteiger partial charge in [-0.1, -0.05) is 0 Å². The van der Waals surface area contributed by atoms with E-state index in [4.69, 9.17) is 4.74 Å². The predicted molar refractivity (Wildman–Crippen MR) is 120 cm³/mol. The van der Waals surface area contributed by atoms with Crippen molar-refractivity contribution >= 4 is 29.9 Å². The number of rotatable bonds is 7. The first-order valence-corrected chi connectivity index (χ1v) is 9.74. The number of ether oxygens (including phenoxy) is 1. The highest BCUT2D eigenvalue weighted by atomic mass is 127. The van der Waals surface area contributed by atoms with E-state index in [0.717, 1.165) is 30.8 Å². The summed E-state index contributed by atoms with van der Waals surface area (Å²) in [5, 5.41) is 20.8. The van der Waals surface area contributed by atoms with Gasteiger partial charge in [-0.15, -0.1) is 24.0 Å². The Kier molecular flexibility index (Phi) is 9.34. The first kappa shape index (κ1) is 25.2. The fourth-order valence-electron chi connectivity index (χ4n) is 3.05. The van der Waals surface area contributed by atoms with Gasteiger partial charge >= 0.3 is 6.18 Å². The minimum absolute atomic E-state index is 0. The van der Waals surface area contributed by atoms with Crippen LogP contribution in [0.5, 0.6) is 5.75 Å². The molecule has 1 aromatic heterocycles. The second-order valence-corrected chi connectivity index (χ2v) is 6.94. The Labute approximate surface area is 195 Å². The minimum atomic E-state index is -4.39. The molecular formula is C19H26F3IN6O2. The highest BCUT2D eigenvalue weighted by molar-refractivity contribution is 14.0. The Morgan fingerprint density at radius 3 is 2.77 bits per heavy atom. The van der Waals surface area contributed by atoms with E-state index in [-0.39, 0.29) is 48.9 Å². The molecule has 0 aliphatic carbocycles. The van der Waals surface area contributed by atoms with Gasteiger partial charge in [0.1, 0.15) is 30.6 Å². The quantitative estimate of drug-likeness (QED) is 0.276. The molecule has 0 spiro atoms. The normalized spacial score (nSPS) is 17.3. The molecule has 31 heavy (non-hydrogen) atoms. The Hall–Kier alpha value is -2.09. The lowest BCUT2D eigenvalue weighted by Crippen LogP contribution is -2.47. The van der Waals surface area contributed by atoms with Crippen molar-refractivity contribution in [2.45, 2.75) is 44.6 Å². The molecule has 2 atom stereocenters. The van der Waals surface area contributed by atoms with Gasteiger partial charge in [0.25, 0.3) is 0 Å². The van der Waals surface area contributed by atoms with E-state index < -0.39 is 17.8 Å². The van der Waals surface area contributed by atoms with Crippen molar-refractivity contribution in [2.75, 3.05) is 19.7 Å². The van der Waals surface area contributed by atoms with Gasteiger partial charge in [-0.3, -0.25) is 4.99 Å². The fraction of sp³-hybridized carbons (Fsp3) is 0.526. The second kappa shape index (κ2) is 11.5. The monoisotopic (exact) mass is 554 g/mol. The van der Waals surface area contributed by atoms with Gasteiger partial charge in [-0.2, -0.15) is 18.3 Å². The van der Waals surface area contributed by atoms with Crippen molar-refractivity contribution in [3.05, 3.63) is 42.0 Å². The van der Waals surface area contributed by atoms with E-state index in [0.29, 0.717) is 19.0 Å². The standard InChI is InChI=1S/C19H25F3N6O2.HI/c1-2-23-18(27-14-5-8-17-25-12-26-28(17)10-14)24-9-15(29)11-30-16-6-3-13(4-7-16)19(20,21)22;/h3-4,6-7,12,14-15,29H,2,5,8-11H2,1H3,(H2,23,24,27);1H. The Balaban J connectivity index is 0.00000341. The number of benzene rings is 1. The number of aliphatic hydroxyl groups excluding tert-OH is 1. The molecule has 2 unspecified atom stereocenters. The average Bonchev–Trinajstić information content (AvgIpc) is 3.18. The second-order valence-electron chi connectivity index (χ2n) is 6.94. The minimum Gasteiger partial charge on any atom is -0.491 e. The number of aliphatic hydroxyl groups is 1. The summed E-state index contributed by atoms with van der Waals surface area (Å²) in [6.07, 6.45) is -2.04. The number of halogens is 4. The van der Waals surface area contributed by atoms with Crippen molar-refractivity contribution < 1.29 is 23.0 Å². The van der Waals surface area contributed by atoms with Crippen molar-refractivity contribution in [3.63, 3.8) is 0 Å². The number of aromatic nitrogens is 3. The molecule has 8 nitrogen and oxygen atoms in total. The van der Waals surface area contributed by atoms with Crippen LogP contribution >= 0.6 is 24.0 Å². The number of nitrogens with zero attached hydrogens (tertiary/aromatic N) is 4. The maximum absolute atomic E-state index is 12.6. The molecule has 3 rings (SSSR count). The van der Waals surface area contributed by atoms with Gasteiger partial charge in [0, 0.05) is 19.0 Å². The molecule has 172 valence electrons. The lowest BCUT2D eigenvalue weighted by atomic mass is 10.1. The summed E-state index contributed by atoms with van der Waals surface area (Å²) in [5.41, 5.74) is -0.748. The van der Waals surface area contributed by atoms with Crippen LogP contribution in [-0.2, 0) is 19.1 Å². The highest BCUT2D eigenvalue weighted by Gasteiger charge is 2.30. The maximum atomic E-state index is 12.6. The zero-order chi connectivity index (χ0) is 21.6. The lowest BCUT2D eigenvalue weighted by Gasteiger charge is -2.25. The Morgan fingerprint density at radius 1 is 1.35 bits per heavy atom. The first-order chi connectivity index (χ1) is 14.3. The molecule has 1 aliphatic rings. The van der Waals surface area contributed by atoms with Crippen LogP contribution in [0.3, 0.4) is 0 Å². The summed E-state index contributed by atoms with van der Waals surface area (Å²) in [6.45, 7) is 3.28. The van der Waals surface area contributed by atoms with Crippen LogP contribution in [0.1, 0.15) is 24.7 Å². The SMILES string of the molecule is CCNC(=NCC(O)COc1ccc(C(F)(F)F)cc1)NC1CCc2ncnn2C1.I. The Bertz CT molecular complexity index is 844. The van der Waals surface area contributed by atoms with Crippen LogP contribution < -0.4 is 15.4 Å². The third kappa shape index (κ3) is 7.52. The molecule has 1 aliphatic heterocycles. The first-order valence-electron chi connectivity index (χ1n) is 9.74. The molecule has 0 saturated heterocycles. The molecule has 0 amide bonds. The smallest absolute Gasteiger partial charge is 0.416 e. The maximum Gasteiger partial charge on any atom is 0.416 e. The zero-order valence-corrected chi connectivity index (χ0v) is 19.3. The van der Waals surface area contributed by atoms with Crippen LogP contribution in [0, 0.1) is 0 Å². The van der Waals surface area contributed by atoms with Gasteiger partial charge in [0.2, 0.25) is 0 Å². The number of hydrogen-bond acceptors (Lipinski definition) is 5. The van der Waals surface area contributed by atoms with Gasteiger partial charge in [-0.25, -0.2) is 9.67 Å². The number of aryl methyl sites for hydroxylation is 1. The van der Waals surface area contributed by atoms with Gasteiger partial charge in [0.05, 0.1) is 18.7 Å². The van der Waals surface area contributed by atoms with Crippen LogP contribution in [0.2, 0.25) is 0 Å². The summed E-state index contributed by atoms with van der Waals surface area (Å²) in [5.74, 6) is 1.78. The largest absolute Gasteiger partial charge is 0.491 e. The van der Waals surface area contributed by atoms with Crippen LogP contribution in [0.4, 0.5) is 13.2 Å². The summed E-state index contributed by atoms with van der Waals surface area (Å²) in [7, 11) is 0. The molecule has 0 bridgehead atoms. The van der Waals surface area contributed by atoms with E-state index in [1.807, 2.05) is 11.6 Å². The molecule has 2 heterocycles. The van der Waals surface area contributed by atoms with Crippen molar-refractivity contribution in [1.82, 2.24) is 25.4 Å². The predicted octanol–water partition coefficient (Wildman–Crippen LogP) is 2.22. The average molecular weight is 554 g/mol. The zero-order valence-electron chi connectivity index (χ0n) is 17.0. The van der Waals surface area contributed by atoms with E-state index in [1.165, 1.54) is 12.1 Å². The number of aliphatic imine (C=N–C) groups is 1. The number of hydrogen-bond donors (Lipinski definition) is 3. The third-order valence-electron chi connectivity index (χ3n) is 4.57. The summed E-state index contributed by atoms with van der Waals surface area (Å²) >= 11 is 0. The fourth-order valence-corrected chi connectivity index (χ4v) is 3.05. The van der Waals surface area contributed by atoms with E-state index in [2.05, 4.69) is 25.7 Å².